The maximum Gasteiger partial charge on any atom is 0.329 e. The van der Waals surface area contributed by atoms with Crippen LogP contribution in [0, 0.1) is 10.1 Å². The van der Waals surface area contributed by atoms with Crippen LogP contribution in [0.15, 0.2) is 6.20 Å². The molecule has 0 saturated heterocycles. The zero-order valence-electron chi connectivity index (χ0n) is 9.70. The van der Waals surface area contributed by atoms with Crippen LogP contribution in [0.2, 0.25) is 0 Å². The highest BCUT2D eigenvalue weighted by Crippen LogP contribution is 2.24. The molecule has 0 aliphatic carbocycles. The third-order valence-electron chi connectivity index (χ3n) is 2.21. The molecular weight excluding hydrogens is 226 g/mol. The van der Waals surface area contributed by atoms with Crippen molar-refractivity contribution < 1.29 is 10.0 Å². The molecule has 0 amide bonds. The standard InChI is InChI=1S/C9H15N5O3/c1-6(15)3-4-13(2)8-7(14(16)17)5-11-9(10)12-8/h5-6,15H,3-4H2,1-2H3,(H2,10,11,12). The molecule has 0 spiro atoms. The smallest absolute Gasteiger partial charge is 0.329 e. The Bertz CT molecular complexity index is 410. The van der Waals surface area contributed by atoms with E-state index in [1.165, 1.54) is 0 Å². The summed E-state index contributed by atoms with van der Waals surface area (Å²) in [5, 5.41) is 19.9. The molecule has 0 radical (unpaired) electrons. The summed E-state index contributed by atoms with van der Waals surface area (Å²) in [7, 11) is 1.65. The van der Waals surface area contributed by atoms with Gasteiger partial charge in [0, 0.05) is 13.6 Å². The van der Waals surface area contributed by atoms with Crippen LogP contribution in [0.5, 0.6) is 0 Å². The Balaban J connectivity index is 2.94. The lowest BCUT2D eigenvalue weighted by molar-refractivity contribution is -0.384. The van der Waals surface area contributed by atoms with Crippen molar-refractivity contribution in [3.63, 3.8) is 0 Å². The average Bonchev–Trinajstić information content (AvgIpc) is 2.25. The number of nitro groups is 1. The molecule has 0 aliphatic heterocycles. The quantitative estimate of drug-likeness (QED) is 0.557. The summed E-state index contributed by atoms with van der Waals surface area (Å²) >= 11 is 0. The van der Waals surface area contributed by atoms with Gasteiger partial charge in [0.2, 0.25) is 11.8 Å². The Morgan fingerprint density at radius 2 is 2.35 bits per heavy atom. The number of aromatic nitrogens is 2. The molecule has 1 unspecified atom stereocenters. The molecule has 1 heterocycles. The summed E-state index contributed by atoms with van der Waals surface area (Å²) in [6.45, 7) is 2.09. The first-order chi connectivity index (χ1) is 7.91. The molecule has 17 heavy (non-hydrogen) atoms. The van der Waals surface area contributed by atoms with Crippen molar-refractivity contribution in [2.75, 3.05) is 24.2 Å². The van der Waals surface area contributed by atoms with Crippen LogP contribution in [0.25, 0.3) is 0 Å². The van der Waals surface area contributed by atoms with Gasteiger partial charge >= 0.3 is 5.69 Å². The number of aliphatic hydroxyl groups excluding tert-OH is 1. The van der Waals surface area contributed by atoms with Gasteiger partial charge in [-0.2, -0.15) is 4.98 Å². The molecule has 0 saturated carbocycles. The molecule has 1 rings (SSSR count). The zero-order valence-corrected chi connectivity index (χ0v) is 9.70. The fourth-order valence-corrected chi connectivity index (χ4v) is 1.28. The van der Waals surface area contributed by atoms with Gasteiger partial charge in [0.15, 0.2) is 0 Å². The summed E-state index contributed by atoms with van der Waals surface area (Å²) in [6.07, 6.45) is 1.09. The Morgan fingerprint density at radius 3 is 2.88 bits per heavy atom. The zero-order chi connectivity index (χ0) is 13.0. The van der Waals surface area contributed by atoms with Crippen LogP contribution in [0.1, 0.15) is 13.3 Å². The SMILES string of the molecule is CC(O)CCN(C)c1nc(N)ncc1[N+](=O)[O-]. The van der Waals surface area contributed by atoms with E-state index in [1.54, 1.807) is 18.9 Å². The van der Waals surface area contributed by atoms with E-state index in [1.807, 2.05) is 0 Å². The fourth-order valence-electron chi connectivity index (χ4n) is 1.28. The van der Waals surface area contributed by atoms with Gasteiger partial charge in [0.25, 0.3) is 0 Å². The molecule has 0 bridgehead atoms. The van der Waals surface area contributed by atoms with Gasteiger partial charge in [0.05, 0.1) is 11.0 Å². The van der Waals surface area contributed by atoms with Gasteiger partial charge < -0.3 is 15.7 Å². The fraction of sp³-hybridized carbons (Fsp3) is 0.556. The molecule has 1 atom stereocenters. The van der Waals surface area contributed by atoms with E-state index in [4.69, 9.17) is 10.8 Å². The van der Waals surface area contributed by atoms with Gasteiger partial charge in [-0.15, -0.1) is 0 Å². The molecule has 1 aromatic rings. The first-order valence-corrected chi connectivity index (χ1v) is 5.08. The van der Waals surface area contributed by atoms with Crippen molar-refractivity contribution in [2.45, 2.75) is 19.4 Å². The highest BCUT2D eigenvalue weighted by Gasteiger charge is 2.20. The number of nitrogen functional groups attached to an aromatic ring is 1. The van der Waals surface area contributed by atoms with E-state index in [2.05, 4.69) is 9.97 Å². The molecule has 0 aliphatic rings. The number of hydrogen-bond acceptors (Lipinski definition) is 7. The molecule has 8 nitrogen and oxygen atoms in total. The lowest BCUT2D eigenvalue weighted by atomic mass is 10.3. The first kappa shape index (κ1) is 13.1. The van der Waals surface area contributed by atoms with Crippen molar-refractivity contribution in [3.8, 4) is 0 Å². The Labute approximate surface area is 98.2 Å². The first-order valence-electron chi connectivity index (χ1n) is 5.08. The van der Waals surface area contributed by atoms with Crippen LogP contribution in [0.3, 0.4) is 0 Å². The summed E-state index contributed by atoms with van der Waals surface area (Å²) in [4.78, 5) is 19.2. The lowest BCUT2D eigenvalue weighted by Gasteiger charge is -2.18. The summed E-state index contributed by atoms with van der Waals surface area (Å²) in [6, 6.07) is 0. The van der Waals surface area contributed by atoms with E-state index in [-0.39, 0.29) is 17.5 Å². The van der Waals surface area contributed by atoms with Gasteiger partial charge in [-0.1, -0.05) is 0 Å². The number of nitrogens with zero attached hydrogens (tertiary/aromatic N) is 4. The molecule has 8 heteroatoms. The second-order valence-electron chi connectivity index (χ2n) is 3.75. The van der Waals surface area contributed by atoms with Gasteiger partial charge in [0.1, 0.15) is 6.20 Å². The van der Waals surface area contributed by atoms with Gasteiger partial charge in [-0.25, -0.2) is 4.98 Å². The third-order valence-corrected chi connectivity index (χ3v) is 2.21. The Kier molecular flexibility index (Phi) is 4.16. The van der Waals surface area contributed by atoms with E-state index in [0.29, 0.717) is 13.0 Å². The number of rotatable bonds is 5. The van der Waals surface area contributed by atoms with Crippen LogP contribution in [-0.4, -0.2) is 39.7 Å². The molecule has 3 N–H and O–H groups in total. The van der Waals surface area contributed by atoms with Crippen molar-refractivity contribution in [3.05, 3.63) is 16.3 Å². The van der Waals surface area contributed by atoms with E-state index < -0.39 is 11.0 Å². The van der Waals surface area contributed by atoms with Gasteiger partial charge in [-0.3, -0.25) is 10.1 Å². The van der Waals surface area contributed by atoms with Crippen LogP contribution < -0.4 is 10.6 Å². The van der Waals surface area contributed by atoms with Crippen molar-refractivity contribution in [2.24, 2.45) is 0 Å². The highest BCUT2D eigenvalue weighted by molar-refractivity contribution is 5.57. The van der Waals surface area contributed by atoms with E-state index >= 15 is 0 Å². The molecule has 1 aromatic heterocycles. The minimum Gasteiger partial charge on any atom is -0.393 e. The van der Waals surface area contributed by atoms with E-state index in [9.17, 15) is 10.1 Å². The predicted octanol–water partition coefficient (Wildman–Crippen LogP) is 0.174. The second-order valence-corrected chi connectivity index (χ2v) is 3.75. The van der Waals surface area contributed by atoms with Crippen molar-refractivity contribution in [1.82, 2.24) is 9.97 Å². The van der Waals surface area contributed by atoms with Gasteiger partial charge in [-0.05, 0) is 13.3 Å². The topological polar surface area (TPSA) is 118 Å². The predicted molar refractivity (Wildman–Crippen MR) is 62.7 cm³/mol. The minimum atomic E-state index is -0.562. The normalized spacial score (nSPS) is 12.2. The molecule has 94 valence electrons. The summed E-state index contributed by atoms with van der Waals surface area (Å²) < 4.78 is 0. The summed E-state index contributed by atoms with van der Waals surface area (Å²) in [5.41, 5.74) is 5.20. The maximum absolute atomic E-state index is 10.8. The number of aliphatic hydroxyl groups is 1. The Hall–Kier alpha value is -1.96. The largest absolute Gasteiger partial charge is 0.393 e. The number of nitrogens with two attached hydrogens (primary N) is 1. The van der Waals surface area contributed by atoms with Crippen LogP contribution in [-0.2, 0) is 0 Å². The van der Waals surface area contributed by atoms with Crippen LogP contribution >= 0.6 is 0 Å². The number of anilines is 2. The van der Waals surface area contributed by atoms with Crippen LogP contribution in [0.4, 0.5) is 17.5 Å². The lowest BCUT2D eigenvalue weighted by Crippen LogP contribution is -2.24. The number of hydrogen-bond donors (Lipinski definition) is 2. The third kappa shape index (κ3) is 3.52. The maximum atomic E-state index is 10.8. The van der Waals surface area contributed by atoms with Crippen molar-refractivity contribution in [1.29, 1.82) is 0 Å². The molecular formula is C9H15N5O3. The molecule has 0 aromatic carbocycles. The Morgan fingerprint density at radius 1 is 1.71 bits per heavy atom. The second kappa shape index (κ2) is 5.39. The molecule has 0 fully saturated rings. The minimum absolute atomic E-state index is 0.0190. The average molecular weight is 241 g/mol. The monoisotopic (exact) mass is 241 g/mol. The van der Waals surface area contributed by atoms with E-state index in [0.717, 1.165) is 6.20 Å². The highest BCUT2D eigenvalue weighted by atomic mass is 16.6. The summed E-state index contributed by atoms with van der Waals surface area (Å²) in [5.74, 6) is 0.137. The van der Waals surface area contributed by atoms with Crippen molar-refractivity contribution >= 4 is 17.5 Å².